The molecule has 0 atom stereocenters. The number of benzene rings is 2. The van der Waals surface area contributed by atoms with E-state index in [1.165, 1.54) is 10.6 Å². The minimum absolute atomic E-state index is 0.155. The van der Waals surface area contributed by atoms with Gasteiger partial charge in [-0.15, -0.1) is 0 Å². The Hall–Kier alpha value is -3.50. The van der Waals surface area contributed by atoms with E-state index >= 15 is 0 Å². The molecule has 0 saturated carbocycles. The van der Waals surface area contributed by atoms with Gasteiger partial charge in [-0.25, -0.2) is 14.5 Å². The van der Waals surface area contributed by atoms with Crippen LogP contribution in [0.3, 0.4) is 0 Å². The summed E-state index contributed by atoms with van der Waals surface area (Å²) in [6.07, 6.45) is 0. The van der Waals surface area contributed by atoms with Crippen LogP contribution >= 0.6 is 0 Å². The zero-order valence-electron chi connectivity index (χ0n) is 19.0. The summed E-state index contributed by atoms with van der Waals surface area (Å²) in [5.74, 6) is -0.267. The maximum Gasteiger partial charge on any atom is 0.348 e. The van der Waals surface area contributed by atoms with Crippen molar-refractivity contribution in [3.05, 3.63) is 68.1 Å². The summed E-state index contributed by atoms with van der Waals surface area (Å²) in [6, 6.07) is 10.3. The van der Waals surface area contributed by atoms with Gasteiger partial charge in [0.05, 0.1) is 22.2 Å². The van der Waals surface area contributed by atoms with Crippen molar-refractivity contribution in [2.45, 2.75) is 26.3 Å². The van der Waals surface area contributed by atoms with Crippen molar-refractivity contribution in [2.75, 3.05) is 33.2 Å². The Bertz CT molecular complexity index is 1210. The van der Waals surface area contributed by atoms with E-state index in [9.17, 15) is 20.0 Å². The molecule has 1 aliphatic heterocycles. The maximum atomic E-state index is 12.6. The number of hydrogen-bond acceptors (Lipinski definition) is 7. The molecule has 1 saturated heterocycles. The van der Waals surface area contributed by atoms with Gasteiger partial charge in [-0.3, -0.25) is 15.0 Å². The number of aromatic amines is 1. The molecule has 2 heterocycles. The quantitative estimate of drug-likeness (QED) is 0.436. The molecule has 2 aromatic carbocycles. The highest BCUT2D eigenvalue weighted by Gasteiger charge is 2.24. The van der Waals surface area contributed by atoms with Gasteiger partial charge >= 0.3 is 5.69 Å². The summed E-state index contributed by atoms with van der Waals surface area (Å²) in [4.78, 5) is 28.2. The van der Waals surface area contributed by atoms with Gasteiger partial charge < -0.3 is 10.0 Å². The van der Waals surface area contributed by atoms with Crippen LogP contribution in [0.4, 0.5) is 5.69 Å². The van der Waals surface area contributed by atoms with E-state index in [0.717, 1.165) is 44.4 Å². The van der Waals surface area contributed by atoms with Crippen molar-refractivity contribution in [1.82, 2.24) is 24.6 Å². The molecular formula is C23H28N6O4. The van der Waals surface area contributed by atoms with E-state index in [0.29, 0.717) is 11.3 Å². The van der Waals surface area contributed by atoms with Crippen LogP contribution in [-0.4, -0.2) is 67.8 Å². The van der Waals surface area contributed by atoms with E-state index in [1.807, 2.05) is 38.1 Å². The third-order valence-corrected chi connectivity index (χ3v) is 6.07. The first kappa shape index (κ1) is 22.7. The molecule has 0 unspecified atom stereocenters. The summed E-state index contributed by atoms with van der Waals surface area (Å²) >= 11 is 0. The van der Waals surface area contributed by atoms with Crippen molar-refractivity contribution in [1.29, 1.82) is 0 Å². The SMILES string of the molecule is CC(C)c1cc(-c2n[nH]c(=O)n2-c2ccc(CN3CCN(C)CC3)cc2)c(O)cc1[N+](=O)[O-]. The molecule has 3 aromatic rings. The number of aromatic hydroxyl groups is 1. The van der Waals surface area contributed by atoms with Gasteiger partial charge in [0.15, 0.2) is 5.82 Å². The second-order valence-electron chi connectivity index (χ2n) is 8.77. The summed E-state index contributed by atoms with van der Waals surface area (Å²) in [7, 11) is 2.12. The lowest BCUT2D eigenvalue weighted by Gasteiger charge is -2.32. The first-order valence-electron chi connectivity index (χ1n) is 10.9. The van der Waals surface area contributed by atoms with Gasteiger partial charge in [0.2, 0.25) is 0 Å². The molecule has 10 heteroatoms. The first-order chi connectivity index (χ1) is 15.7. The third kappa shape index (κ3) is 4.67. The van der Waals surface area contributed by atoms with Crippen molar-refractivity contribution in [2.24, 2.45) is 0 Å². The molecule has 10 nitrogen and oxygen atoms in total. The molecule has 1 fully saturated rings. The topological polar surface area (TPSA) is 121 Å². The van der Waals surface area contributed by atoms with E-state index in [1.54, 1.807) is 0 Å². The Labute approximate surface area is 191 Å². The van der Waals surface area contributed by atoms with Gasteiger partial charge in [-0.05, 0) is 36.7 Å². The predicted molar refractivity (Wildman–Crippen MR) is 125 cm³/mol. The number of phenolic OH excluding ortho intramolecular Hbond substituents is 1. The van der Waals surface area contributed by atoms with Crippen molar-refractivity contribution in [3.63, 3.8) is 0 Å². The standard InChI is InChI=1S/C23H28N6O4/c1-15(2)18-12-19(21(30)13-20(18)29(32)33)22-24-25-23(31)28(22)17-6-4-16(5-7-17)14-27-10-8-26(3)9-11-27/h4-7,12-13,15,30H,8-11,14H2,1-3H3,(H,25,31). The number of rotatable bonds is 6. The third-order valence-electron chi connectivity index (χ3n) is 6.07. The molecule has 0 aliphatic carbocycles. The number of likely N-dealkylation sites (N-methyl/N-ethyl adjacent to an activating group) is 1. The molecule has 33 heavy (non-hydrogen) atoms. The fourth-order valence-electron chi connectivity index (χ4n) is 4.13. The van der Waals surface area contributed by atoms with E-state index < -0.39 is 10.6 Å². The zero-order chi connectivity index (χ0) is 23.7. The van der Waals surface area contributed by atoms with Crippen LogP contribution in [0.5, 0.6) is 5.75 Å². The normalized spacial score (nSPS) is 15.3. The highest BCUT2D eigenvalue weighted by Crippen LogP contribution is 2.37. The van der Waals surface area contributed by atoms with Gasteiger partial charge in [0.25, 0.3) is 5.69 Å². The van der Waals surface area contributed by atoms with Crippen LogP contribution in [0.25, 0.3) is 17.1 Å². The van der Waals surface area contributed by atoms with Crippen LogP contribution in [0.15, 0.2) is 41.2 Å². The van der Waals surface area contributed by atoms with Gasteiger partial charge in [0.1, 0.15) is 5.75 Å². The van der Waals surface area contributed by atoms with Crippen molar-refractivity contribution in [3.8, 4) is 22.8 Å². The van der Waals surface area contributed by atoms with E-state index in [2.05, 4.69) is 27.0 Å². The Morgan fingerprint density at radius 2 is 1.82 bits per heavy atom. The second kappa shape index (κ2) is 9.16. The monoisotopic (exact) mass is 452 g/mol. The lowest BCUT2D eigenvalue weighted by molar-refractivity contribution is -0.385. The average molecular weight is 453 g/mol. The smallest absolute Gasteiger partial charge is 0.348 e. The number of aromatic nitrogens is 3. The van der Waals surface area contributed by atoms with Gasteiger partial charge in [-0.1, -0.05) is 26.0 Å². The van der Waals surface area contributed by atoms with Gasteiger partial charge in [-0.2, -0.15) is 5.10 Å². The molecule has 4 rings (SSSR count). The van der Waals surface area contributed by atoms with Crippen LogP contribution in [0.1, 0.15) is 30.9 Å². The van der Waals surface area contributed by atoms with Crippen molar-refractivity contribution < 1.29 is 10.0 Å². The molecule has 0 radical (unpaired) electrons. The Kier molecular flexibility index (Phi) is 6.30. The summed E-state index contributed by atoms with van der Waals surface area (Å²) < 4.78 is 1.37. The van der Waals surface area contributed by atoms with E-state index in [4.69, 9.17) is 0 Å². The fourth-order valence-corrected chi connectivity index (χ4v) is 4.13. The highest BCUT2D eigenvalue weighted by molar-refractivity contribution is 5.70. The average Bonchev–Trinajstić information content (AvgIpc) is 3.16. The number of phenols is 1. The molecule has 174 valence electrons. The Morgan fingerprint density at radius 1 is 1.15 bits per heavy atom. The number of hydrogen-bond donors (Lipinski definition) is 2. The molecule has 2 N–H and O–H groups in total. The summed E-state index contributed by atoms with van der Waals surface area (Å²) in [5, 5.41) is 28.5. The molecule has 1 aromatic heterocycles. The Morgan fingerprint density at radius 3 is 2.42 bits per heavy atom. The number of piperazine rings is 1. The second-order valence-corrected chi connectivity index (χ2v) is 8.77. The maximum absolute atomic E-state index is 12.6. The van der Waals surface area contributed by atoms with Crippen LogP contribution in [0.2, 0.25) is 0 Å². The number of nitro benzene ring substituents is 1. The predicted octanol–water partition coefficient (Wildman–Crippen LogP) is 2.71. The molecular weight excluding hydrogens is 424 g/mol. The minimum atomic E-state index is -0.518. The lowest BCUT2D eigenvalue weighted by Crippen LogP contribution is -2.43. The number of nitrogens with one attached hydrogen (secondary N) is 1. The molecule has 0 amide bonds. The van der Waals surface area contributed by atoms with Crippen molar-refractivity contribution >= 4 is 5.69 Å². The lowest BCUT2D eigenvalue weighted by atomic mass is 9.97. The number of nitro groups is 1. The largest absolute Gasteiger partial charge is 0.507 e. The molecule has 0 bridgehead atoms. The molecule has 0 spiro atoms. The number of H-pyrrole nitrogens is 1. The number of nitrogens with zero attached hydrogens (tertiary/aromatic N) is 5. The zero-order valence-corrected chi connectivity index (χ0v) is 19.0. The fraction of sp³-hybridized carbons (Fsp3) is 0.391. The van der Waals surface area contributed by atoms with Crippen LogP contribution in [-0.2, 0) is 6.54 Å². The Balaban J connectivity index is 1.67. The van der Waals surface area contributed by atoms with Gasteiger partial charge in [0, 0.05) is 38.3 Å². The molecule has 1 aliphatic rings. The summed E-state index contributed by atoms with van der Waals surface area (Å²) in [5.41, 5.74) is 1.82. The minimum Gasteiger partial charge on any atom is -0.507 e. The first-order valence-corrected chi connectivity index (χ1v) is 10.9. The van der Waals surface area contributed by atoms with Crippen LogP contribution < -0.4 is 5.69 Å². The highest BCUT2D eigenvalue weighted by atomic mass is 16.6. The summed E-state index contributed by atoms with van der Waals surface area (Å²) in [6.45, 7) is 8.62. The van der Waals surface area contributed by atoms with E-state index in [-0.39, 0.29) is 28.7 Å². The van der Waals surface area contributed by atoms with Crippen LogP contribution in [0, 0.1) is 10.1 Å².